The molecule has 1 aliphatic rings. The van der Waals surface area contributed by atoms with Crippen LogP contribution in [0.15, 0.2) is 45.3 Å². The second-order valence-corrected chi connectivity index (χ2v) is 8.04. The number of hydrogen-bond acceptors (Lipinski definition) is 6. The number of methoxy groups -OCH3 is 1. The summed E-state index contributed by atoms with van der Waals surface area (Å²) in [4.78, 5) is 42.2. The van der Waals surface area contributed by atoms with Gasteiger partial charge in [0.15, 0.2) is 0 Å². The van der Waals surface area contributed by atoms with E-state index in [1.165, 1.54) is 20.5 Å². The Labute approximate surface area is 177 Å². The first-order valence-corrected chi connectivity index (χ1v) is 10.8. The first-order valence-electron chi connectivity index (χ1n) is 9.91. The van der Waals surface area contributed by atoms with Crippen LogP contribution in [0.5, 0.6) is 5.75 Å². The summed E-state index contributed by atoms with van der Waals surface area (Å²) in [5.74, 6) is 0.700. The fraction of sp³-hybridized carbons (Fsp3) is 0.381. The van der Waals surface area contributed by atoms with E-state index >= 15 is 0 Å². The molecule has 0 radical (unpaired) electrons. The third-order valence-electron chi connectivity index (χ3n) is 5.52. The number of thiophene rings is 1. The van der Waals surface area contributed by atoms with Crippen LogP contribution in [0.25, 0.3) is 10.2 Å². The zero-order valence-electron chi connectivity index (χ0n) is 17.0. The topological polar surface area (TPSA) is 76.8 Å². The lowest BCUT2D eigenvalue weighted by molar-refractivity contribution is -0.132. The first-order chi connectivity index (χ1) is 14.5. The molecule has 1 aliphatic heterocycles. The summed E-state index contributed by atoms with van der Waals surface area (Å²) in [7, 11) is 1.64. The SMILES string of the molecule is CCn1c(=O)c2sccc2n(CC(=O)N2CCN(c3ccc(OC)cc3)CC2)c1=O. The molecule has 0 saturated carbocycles. The number of aromatic nitrogens is 2. The van der Waals surface area contributed by atoms with Gasteiger partial charge in [0.2, 0.25) is 5.91 Å². The van der Waals surface area contributed by atoms with Gasteiger partial charge in [-0.1, -0.05) is 0 Å². The van der Waals surface area contributed by atoms with Crippen molar-refractivity contribution in [3.05, 3.63) is 56.5 Å². The highest BCUT2D eigenvalue weighted by molar-refractivity contribution is 7.17. The van der Waals surface area contributed by atoms with Gasteiger partial charge in [0, 0.05) is 38.4 Å². The minimum atomic E-state index is -0.432. The third kappa shape index (κ3) is 3.60. The van der Waals surface area contributed by atoms with Crippen LogP contribution >= 0.6 is 11.3 Å². The maximum Gasteiger partial charge on any atom is 0.331 e. The molecule has 30 heavy (non-hydrogen) atoms. The summed E-state index contributed by atoms with van der Waals surface area (Å²) >= 11 is 1.30. The number of benzene rings is 1. The lowest BCUT2D eigenvalue weighted by Gasteiger charge is -2.36. The van der Waals surface area contributed by atoms with Gasteiger partial charge in [0.1, 0.15) is 17.0 Å². The number of hydrogen-bond donors (Lipinski definition) is 0. The fourth-order valence-corrected chi connectivity index (χ4v) is 4.65. The molecule has 1 saturated heterocycles. The largest absolute Gasteiger partial charge is 0.497 e. The molecule has 2 aromatic heterocycles. The highest BCUT2D eigenvalue weighted by atomic mass is 32.1. The van der Waals surface area contributed by atoms with Crippen molar-refractivity contribution in [3.63, 3.8) is 0 Å². The molecular formula is C21H24N4O4S. The van der Waals surface area contributed by atoms with Crippen LogP contribution in [-0.4, -0.2) is 53.2 Å². The predicted octanol–water partition coefficient (Wildman–Crippen LogP) is 1.60. The van der Waals surface area contributed by atoms with Crippen LogP contribution < -0.4 is 20.9 Å². The zero-order chi connectivity index (χ0) is 21.3. The molecular weight excluding hydrogens is 404 g/mol. The highest BCUT2D eigenvalue weighted by Crippen LogP contribution is 2.21. The van der Waals surface area contributed by atoms with Crippen molar-refractivity contribution >= 4 is 33.1 Å². The second-order valence-electron chi connectivity index (χ2n) is 7.12. The van der Waals surface area contributed by atoms with E-state index in [1.54, 1.807) is 30.4 Å². The number of carbonyl (C=O) groups excluding carboxylic acids is 1. The number of carbonyl (C=O) groups is 1. The molecule has 1 fully saturated rings. The fourth-order valence-electron chi connectivity index (χ4n) is 3.81. The molecule has 0 bridgehead atoms. The predicted molar refractivity (Wildman–Crippen MR) is 118 cm³/mol. The summed E-state index contributed by atoms with van der Waals surface area (Å²) in [6, 6.07) is 9.61. The van der Waals surface area contributed by atoms with Gasteiger partial charge in [0.25, 0.3) is 5.56 Å². The molecule has 0 atom stereocenters. The first kappa shape index (κ1) is 20.2. The van der Waals surface area contributed by atoms with E-state index in [9.17, 15) is 14.4 Å². The van der Waals surface area contributed by atoms with E-state index in [0.29, 0.717) is 23.3 Å². The van der Waals surface area contributed by atoms with Gasteiger partial charge < -0.3 is 14.5 Å². The van der Waals surface area contributed by atoms with Crippen molar-refractivity contribution < 1.29 is 9.53 Å². The Hall–Kier alpha value is -3.07. The maximum atomic E-state index is 12.9. The van der Waals surface area contributed by atoms with Gasteiger partial charge in [-0.25, -0.2) is 4.79 Å². The van der Waals surface area contributed by atoms with E-state index in [4.69, 9.17) is 4.74 Å². The molecule has 3 heterocycles. The van der Waals surface area contributed by atoms with Gasteiger partial charge >= 0.3 is 5.69 Å². The Morgan fingerprint density at radius 3 is 2.37 bits per heavy atom. The Balaban J connectivity index is 1.49. The minimum Gasteiger partial charge on any atom is -0.497 e. The van der Waals surface area contributed by atoms with E-state index in [1.807, 2.05) is 24.3 Å². The Bertz CT molecular complexity index is 1170. The highest BCUT2D eigenvalue weighted by Gasteiger charge is 2.23. The number of nitrogens with zero attached hydrogens (tertiary/aromatic N) is 4. The number of anilines is 1. The van der Waals surface area contributed by atoms with E-state index in [-0.39, 0.29) is 24.6 Å². The third-order valence-corrected chi connectivity index (χ3v) is 6.41. The normalized spacial score (nSPS) is 14.3. The van der Waals surface area contributed by atoms with Crippen LogP contribution in [0.4, 0.5) is 5.69 Å². The maximum absolute atomic E-state index is 12.9. The number of piperazine rings is 1. The zero-order valence-corrected chi connectivity index (χ0v) is 17.9. The van der Waals surface area contributed by atoms with Crippen molar-refractivity contribution in [1.82, 2.24) is 14.0 Å². The van der Waals surface area contributed by atoms with E-state index < -0.39 is 5.69 Å². The van der Waals surface area contributed by atoms with Crippen molar-refractivity contribution in [3.8, 4) is 5.75 Å². The van der Waals surface area contributed by atoms with Crippen LogP contribution in [0.2, 0.25) is 0 Å². The van der Waals surface area contributed by atoms with Crippen LogP contribution in [0, 0.1) is 0 Å². The quantitative estimate of drug-likeness (QED) is 0.617. The minimum absolute atomic E-state index is 0.0606. The van der Waals surface area contributed by atoms with Gasteiger partial charge in [-0.2, -0.15) is 0 Å². The number of fused-ring (bicyclic) bond motifs is 1. The molecule has 0 spiro atoms. The van der Waals surface area contributed by atoms with Crippen molar-refractivity contribution in [2.24, 2.45) is 0 Å². The van der Waals surface area contributed by atoms with Crippen LogP contribution in [0.3, 0.4) is 0 Å². The number of rotatable bonds is 5. The molecule has 1 amide bonds. The lowest BCUT2D eigenvalue weighted by Crippen LogP contribution is -2.50. The molecule has 1 aromatic carbocycles. The standard InChI is InChI=1S/C21H24N4O4S/c1-3-24-20(27)19-17(8-13-30-19)25(21(24)28)14-18(26)23-11-9-22(10-12-23)15-4-6-16(29-2)7-5-15/h4-8,13H,3,9-12,14H2,1-2H3. The van der Waals surface area contributed by atoms with Gasteiger partial charge in [-0.15, -0.1) is 11.3 Å². The van der Waals surface area contributed by atoms with Gasteiger partial charge in [-0.3, -0.25) is 18.7 Å². The van der Waals surface area contributed by atoms with Crippen molar-refractivity contribution in [2.45, 2.75) is 20.0 Å². The van der Waals surface area contributed by atoms with Gasteiger partial charge in [0.05, 0.1) is 12.6 Å². The van der Waals surface area contributed by atoms with Crippen LogP contribution in [0.1, 0.15) is 6.92 Å². The molecule has 9 heteroatoms. The summed E-state index contributed by atoms with van der Waals surface area (Å²) in [5, 5.41) is 1.78. The average Bonchev–Trinajstić information content (AvgIpc) is 3.27. The molecule has 0 unspecified atom stereocenters. The molecule has 4 rings (SSSR count). The molecule has 0 N–H and O–H groups in total. The summed E-state index contributed by atoms with van der Waals surface area (Å²) in [6.07, 6.45) is 0. The van der Waals surface area contributed by atoms with Gasteiger partial charge in [-0.05, 0) is 42.6 Å². The monoisotopic (exact) mass is 428 g/mol. The average molecular weight is 429 g/mol. The number of ether oxygens (including phenoxy) is 1. The van der Waals surface area contributed by atoms with Crippen molar-refractivity contribution in [2.75, 3.05) is 38.2 Å². The second kappa shape index (κ2) is 8.35. The molecule has 158 valence electrons. The summed E-state index contributed by atoms with van der Waals surface area (Å²) < 4.78 is 8.32. The Morgan fingerprint density at radius 1 is 1.03 bits per heavy atom. The smallest absolute Gasteiger partial charge is 0.331 e. The molecule has 8 nitrogen and oxygen atoms in total. The molecule has 3 aromatic rings. The van der Waals surface area contributed by atoms with Crippen LogP contribution in [-0.2, 0) is 17.9 Å². The lowest BCUT2D eigenvalue weighted by atomic mass is 10.2. The molecule has 0 aliphatic carbocycles. The number of amides is 1. The Morgan fingerprint density at radius 2 is 1.73 bits per heavy atom. The van der Waals surface area contributed by atoms with E-state index in [0.717, 1.165) is 24.5 Å². The summed E-state index contributed by atoms with van der Waals surface area (Å²) in [6.45, 7) is 4.58. The Kier molecular flexibility index (Phi) is 5.63. The summed E-state index contributed by atoms with van der Waals surface area (Å²) in [5.41, 5.74) is 0.905. The van der Waals surface area contributed by atoms with E-state index in [2.05, 4.69) is 4.90 Å². The van der Waals surface area contributed by atoms with Crippen molar-refractivity contribution in [1.29, 1.82) is 0 Å².